The predicted octanol–water partition coefficient (Wildman–Crippen LogP) is 31.0. The third-order valence-electron chi connectivity index (χ3n) is 15.5. The Hall–Kier alpha value is -6.88. The normalized spacial score (nSPS) is 12.7. The van der Waals surface area contributed by atoms with Gasteiger partial charge in [-0.25, -0.2) is 29.9 Å². The summed E-state index contributed by atoms with van der Waals surface area (Å²) in [5.41, 5.74) is 2.43. The van der Waals surface area contributed by atoms with Crippen molar-refractivity contribution in [3.63, 3.8) is 0 Å². The molecule has 3 heterocycles. The Morgan fingerprint density at radius 1 is 0.367 bits per heavy atom. The maximum absolute atomic E-state index is 13.0. The monoisotopic (exact) mass is 1620 g/mol. The van der Waals surface area contributed by atoms with Crippen LogP contribution in [-0.2, 0) is 24.7 Å². The minimum atomic E-state index is -9.49. The fourth-order valence-corrected chi connectivity index (χ4v) is 12.1. The number of hydrogen-bond donors (Lipinski definition) is 0. The largest absolute Gasteiger partial charge is 0.451 e. The molecule has 8 rings (SSSR count). The molecule has 6 nitrogen and oxygen atoms in total. The highest BCUT2D eigenvalue weighted by atomic mass is 32.5. The molecule has 0 spiro atoms. The number of thioether (sulfide) groups is 1. The Bertz CT molecular complexity index is 3950. The van der Waals surface area contributed by atoms with Crippen LogP contribution in [-0.4, -0.2) is 35.4 Å². The average Bonchev–Trinajstić information content (AvgIpc) is 0.953. The second-order valence-corrected chi connectivity index (χ2v) is 33.6. The number of halogens is 20. The van der Waals surface area contributed by atoms with Crippen LogP contribution < -0.4 is 0 Å². The van der Waals surface area contributed by atoms with Crippen LogP contribution in [0.5, 0.6) is 0 Å². The summed E-state index contributed by atoms with van der Waals surface area (Å²) in [5.74, 6) is 1.79. The lowest BCUT2D eigenvalue weighted by molar-refractivity contribution is -0.145. The van der Waals surface area contributed by atoms with Crippen LogP contribution in [0.4, 0.5) is 85.3 Å². The SMILES string of the molecule is CC(C)c1cc(C(F)(F)F)cc(C(C)C)c1C(C)C.CC(C)c1ccc(S(F)(F)(F)(F)F)cc1.CC(C)c1ccc(SC(F)(F)F)cc1.CC(C)c1ncccn1.Cc1cc(C(C)C)cc(C(F)(F)F)c1.Cc1ccc(C(F)(F)F)c(C(C)C)c1.Cc1nc(C(C)C)nc(C(F)(F)F)n1.Cc1nc(C)c(C(C)C)s1. The Balaban J connectivity index is 0.000000627. The summed E-state index contributed by atoms with van der Waals surface area (Å²) < 4.78 is 248. The first-order valence-corrected chi connectivity index (χ1v) is 38.6. The van der Waals surface area contributed by atoms with Crippen LogP contribution >= 0.6 is 33.3 Å². The maximum Gasteiger partial charge on any atom is 0.451 e. The standard InChI is InChI=1S/C16H23F3.2C11H13F3.C10H11F3S.C9H11F5S.C8H10F3N3.C8H13NS.C7H10N2/c1-9(2)13-7-12(16(17,18)19)8-14(10(3)4)15(13)11(5)6;1-7(2)9-4-8(3)5-10(6-9)11(12,13)14;1-7(2)9-6-8(3)4-5-10(9)11(12,13)14;1-7(2)8-3-5-9(6-4-8)14-10(11,12)13;1-7(2)8-3-5-9(6-4-8)15(10,11,12,13)14;1-4(2)6-12-5(3)13-7(14-6)8(9,10)11;1-5(2)8-6(3)9-7(4)10-8;1-6(2)7-8-4-3-5-9-7/h7-11H,1-6H3;2*4-7H,1-3H3;3-7H,1-2H3;3-7H,1-2H3;4H,1-3H3;5H,1-4H3;3-6H,1-2H3. The van der Waals surface area contributed by atoms with E-state index >= 15 is 0 Å². The Labute approximate surface area is 638 Å². The van der Waals surface area contributed by atoms with Gasteiger partial charge in [0.15, 0.2) is 0 Å². The van der Waals surface area contributed by atoms with E-state index in [9.17, 15) is 85.3 Å². The number of hydrogen-bond acceptors (Lipinski definition) is 8. The molecule has 0 bridgehead atoms. The topological polar surface area (TPSA) is 77.3 Å². The molecule has 29 heteroatoms. The van der Waals surface area contributed by atoms with Gasteiger partial charge in [-0.15, -0.1) is 11.3 Å². The smallest absolute Gasteiger partial charge is 0.247 e. The van der Waals surface area contributed by atoms with Crippen molar-refractivity contribution < 1.29 is 85.3 Å². The van der Waals surface area contributed by atoms with Gasteiger partial charge in [0.2, 0.25) is 5.82 Å². The Morgan fingerprint density at radius 3 is 1.12 bits per heavy atom. The zero-order chi connectivity index (χ0) is 84.9. The van der Waals surface area contributed by atoms with E-state index in [4.69, 9.17) is 0 Å². The molecule has 0 saturated carbocycles. The molecule has 0 fully saturated rings. The first-order chi connectivity index (χ1) is 49.2. The summed E-state index contributed by atoms with van der Waals surface area (Å²) in [6, 6.07) is 22.4. The maximum atomic E-state index is 13.0. The average molecular weight is 1630 g/mol. The fourth-order valence-electron chi connectivity index (χ4n) is 9.96. The molecule has 0 atom stereocenters. The van der Waals surface area contributed by atoms with Crippen LogP contribution in [0.2, 0.25) is 0 Å². The lowest BCUT2D eigenvalue weighted by Gasteiger charge is -2.40. The molecule has 3 aromatic heterocycles. The number of thiazole rings is 1. The van der Waals surface area contributed by atoms with Crippen LogP contribution in [0.3, 0.4) is 0 Å². The molecule has 612 valence electrons. The van der Waals surface area contributed by atoms with E-state index in [1.807, 2.05) is 86.6 Å². The van der Waals surface area contributed by atoms with Gasteiger partial charge in [-0.2, -0.15) is 65.9 Å². The van der Waals surface area contributed by atoms with Crippen LogP contribution in [0.25, 0.3) is 0 Å². The third kappa shape index (κ3) is 36.4. The van der Waals surface area contributed by atoms with E-state index < -0.39 is 67.8 Å². The van der Waals surface area contributed by atoms with E-state index in [0.29, 0.717) is 46.6 Å². The van der Waals surface area contributed by atoms with E-state index in [0.717, 1.165) is 57.4 Å². The highest BCUT2D eigenvalue weighted by Gasteiger charge is 2.65. The zero-order valence-electron chi connectivity index (χ0n) is 66.2. The van der Waals surface area contributed by atoms with Gasteiger partial charge in [0.05, 0.1) is 27.4 Å². The van der Waals surface area contributed by atoms with Gasteiger partial charge in [-0.05, 0) is 193 Å². The first kappa shape index (κ1) is 100. The summed E-state index contributed by atoms with van der Waals surface area (Å²) in [6.07, 6.45) is -13.7. The minimum Gasteiger partial charge on any atom is -0.247 e. The molecule has 0 aliphatic carbocycles. The lowest BCUT2D eigenvalue weighted by Crippen LogP contribution is -2.15. The van der Waals surface area contributed by atoms with Crippen molar-refractivity contribution in [1.82, 2.24) is 29.9 Å². The first-order valence-electron chi connectivity index (χ1n) is 35.0. The summed E-state index contributed by atoms with van der Waals surface area (Å²) in [6.45, 7) is 47.8. The van der Waals surface area contributed by atoms with Gasteiger partial charge < -0.3 is 0 Å². The molecule has 0 aliphatic rings. The van der Waals surface area contributed by atoms with Crippen molar-refractivity contribution in [2.75, 3.05) is 0 Å². The van der Waals surface area contributed by atoms with Crippen molar-refractivity contribution in [3.05, 3.63) is 221 Å². The number of benzene rings is 5. The second kappa shape index (κ2) is 40.5. The van der Waals surface area contributed by atoms with Crippen molar-refractivity contribution >= 4 is 33.3 Å². The number of nitrogens with zero attached hydrogens (tertiary/aromatic N) is 6. The molecule has 0 unspecified atom stereocenters. The van der Waals surface area contributed by atoms with Gasteiger partial charge in [0.25, 0.3) is 0 Å². The molecule has 0 aliphatic heterocycles. The molecule has 0 N–H and O–H groups in total. The van der Waals surface area contributed by atoms with Crippen molar-refractivity contribution in [1.29, 1.82) is 0 Å². The minimum absolute atomic E-state index is 0.0116. The highest BCUT2D eigenvalue weighted by Crippen LogP contribution is 3.02. The highest BCUT2D eigenvalue weighted by molar-refractivity contribution is 8.45. The molecule has 0 saturated heterocycles. The van der Waals surface area contributed by atoms with E-state index in [1.54, 1.807) is 92.0 Å². The van der Waals surface area contributed by atoms with Crippen molar-refractivity contribution in [2.24, 2.45) is 0 Å². The molecular weight excluding hydrogens is 1520 g/mol. The zero-order valence-corrected chi connectivity index (χ0v) is 68.7. The van der Waals surface area contributed by atoms with Gasteiger partial charge in [0.1, 0.15) is 22.4 Å². The molecule has 5 aromatic carbocycles. The summed E-state index contributed by atoms with van der Waals surface area (Å²) in [5, 5.41) is 1.18. The summed E-state index contributed by atoms with van der Waals surface area (Å²) >= 11 is 1.73. The van der Waals surface area contributed by atoms with Gasteiger partial charge >= 0.3 is 40.4 Å². The number of aromatic nitrogens is 6. The molecule has 0 amide bonds. The van der Waals surface area contributed by atoms with E-state index in [2.05, 4.69) is 71.4 Å². The van der Waals surface area contributed by atoms with Gasteiger partial charge in [-0.1, -0.05) is 211 Å². The van der Waals surface area contributed by atoms with Crippen LogP contribution in [0.15, 0.2) is 125 Å². The summed E-state index contributed by atoms with van der Waals surface area (Å²) in [7, 11) is -9.49. The van der Waals surface area contributed by atoms with E-state index in [1.165, 1.54) is 65.0 Å². The van der Waals surface area contributed by atoms with E-state index in [-0.39, 0.29) is 69.7 Å². The van der Waals surface area contributed by atoms with Crippen LogP contribution in [0, 0.1) is 34.6 Å². The Morgan fingerprint density at radius 2 is 0.798 bits per heavy atom. The van der Waals surface area contributed by atoms with Crippen LogP contribution in [0.1, 0.15) is 303 Å². The fraction of sp³-hybridized carbons (Fsp3) is 0.500. The number of aryl methyl sites for hydroxylation is 5. The molecule has 0 radical (unpaired) electrons. The molecular formula is C80H104F20N6S3. The quantitative estimate of drug-likeness (QED) is 0.0891. The summed E-state index contributed by atoms with van der Waals surface area (Å²) in [4.78, 5) is 22.7. The lowest BCUT2D eigenvalue weighted by atomic mass is 9.82. The number of alkyl halides is 15. The van der Waals surface area contributed by atoms with Crippen molar-refractivity contribution in [2.45, 2.75) is 272 Å². The predicted molar refractivity (Wildman–Crippen MR) is 404 cm³/mol. The van der Waals surface area contributed by atoms with Crippen molar-refractivity contribution in [3.8, 4) is 0 Å². The second-order valence-electron chi connectivity index (χ2n) is 28.8. The number of rotatable bonds is 12. The molecule has 109 heavy (non-hydrogen) atoms. The Kier molecular flexibility index (Phi) is 37.2. The third-order valence-corrected chi connectivity index (χ3v) is 18.8. The molecule has 8 aromatic rings. The van der Waals surface area contributed by atoms with Gasteiger partial charge in [0, 0.05) is 34.0 Å². The van der Waals surface area contributed by atoms with Gasteiger partial charge in [-0.3, -0.25) is 0 Å².